The molecule has 0 aliphatic carbocycles. The largest absolute Gasteiger partial charge is 0.389 e. The molecule has 0 unspecified atom stereocenters. The van der Waals surface area contributed by atoms with Gasteiger partial charge in [-0.05, 0) is 5.21 Å². The van der Waals surface area contributed by atoms with Gasteiger partial charge in [0.05, 0.1) is 6.20 Å². The first-order valence-corrected chi connectivity index (χ1v) is 2.49. The Labute approximate surface area is 53.7 Å². The Hall–Kier alpha value is -1.79. The molecule has 0 amide bonds. The first-order valence-electron chi connectivity index (χ1n) is 2.49. The van der Waals surface area contributed by atoms with Crippen LogP contribution >= 0.6 is 0 Å². The first-order chi connectivity index (χ1) is 4.88. The van der Waals surface area contributed by atoms with E-state index >= 15 is 0 Å². The van der Waals surface area contributed by atoms with E-state index in [1.807, 2.05) is 0 Å². The highest BCUT2D eigenvalue weighted by Gasteiger charge is 1.96. The molecule has 0 saturated carbocycles. The van der Waals surface area contributed by atoms with Gasteiger partial charge in [-0.1, -0.05) is 5.10 Å². The lowest BCUT2D eigenvalue weighted by Crippen LogP contribution is -2.19. The molecule has 0 saturated heterocycles. The SMILES string of the molecule is O=c1nnnc2cn[nH]n12. The number of H-pyrrole nitrogens is 1. The zero-order valence-corrected chi connectivity index (χ0v) is 4.72. The standard InChI is InChI=1S/C3H2N6O/c10-3-6-7-5-2-1-4-8-9(2)3/h1,8H. The van der Waals surface area contributed by atoms with Gasteiger partial charge < -0.3 is 0 Å². The van der Waals surface area contributed by atoms with E-state index in [0.29, 0.717) is 5.65 Å². The normalized spacial score (nSPS) is 10.4. The highest BCUT2D eigenvalue weighted by atomic mass is 16.2. The summed E-state index contributed by atoms with van der Waals surface area (Å²) in [5.41, 5.74) is -0.150. The molecule has 2 aromatic rings. The predicted octanol–water partition coefficient (Wildman–Crippen LogP) is -1.79. The molecule has 0 fully saturated rings. The summed E-state index contributed by atoms with van der Waals surface area (Å²) in [6.45, 7) is 0. The van der Waals surface area contributed by atoms with Crippen molar-refractivity contribution >= 4 is 5.65 Å². The van der Waals surface area contributed by atoms with Crippen LogP contribution in [0.25, 0.3) is 5.65 Å². The van der Waals surface area contributed by atoms with E-state index in [2.05, 4.69) is 25.7 Å². The molecule has 50 valence electrons. The molecular formula is C3H2N6O. The third kappa shape index (κ3) is 0.508. The van der Waals surface area contributed by atoms with Crippen molar-refractivity contribution in [3.63, 3.8) is 0 Å². The van der Waals surface area contributed by atoms with Crippen molar-refractivity contribution < 1.29 is 0 Å². The number of nitrogens with one attached hydrogen (secondary N) is 1. The van der Waals surface area contributed by atoms with Crippen LogP contribution in [-0.4, -0.2) is 30.2 Å². The average molecular weight is 138 g/mol. The second-order valence-corrected chi connectivity index (χ2v) is 1.62. The fourth-order valence-electron chi connectivity index (χ4n) is 0.616. The number of aromatic amines is 1. The van der Waals surface area contributed by atoms with E-state index < -0.39 is 5.69 Å². The number of nitrogens with zero attached hydrogens (tertiary/aromatic N) is 5. The first kappa shape index (κ1) is 5.03. The van der Waals surface area contributed by atoms with Crippen LogP contribution in [0.15, 0.2) is 11.0 Å². The van der Waals surface area contributed by atoms with Gasteiger partial charge in [0.2, 0.25) is 5.65 Å². The smallest absolute Gasteiger partial charge is 0.242 e. The lowest BCUT2D eigenvalue weighted by Gasteiger charge is -1.82. The summed E-state index contributed by atoms with van der Waals surface area (Å²) in [7, 11) is 0. The second-order valence-electron chi connectivity index (χ2n) is 1.62. The van der Waals surface area contributed by atoms with E-state index in [-0.39, 0.29) is 0 Å². The lowest BCUT2D eigenvalue weighted by molar-refractivity contribution is 0.717. The average Bonchev–Trinajstić information content (AvgIpc) is 2.36. The molecule has 0 radical (unpaired) electrons. The van der Waals surface area contributed by atoms with Gasteiger partial charge in [-0.25, -0.2) is 10.0 Å². The molecule has 0 aliphatic rings. The molecule has 0 aliphatic heterocycles. The van der Waals surface area contributed by atoms with E-state index in [1.165, 1.54) is 6.20 Å². The highest BCUT2D eigenvalue weighted by Crippen LogP contribution is 1.81. The van der Waals surface area contributed by atoms with Gasteiger partial charge in [0.15, 0.2) is 0 Å². The third-order valence-electron chi connectivity index (χ3n) is 1.04. The molecule has 0 spiro atoms. The molecular weight excluding hydrogens is 136 g/mol. The van der Waals surface area contributed by atoms with Crippen LogP contribution in [0.4, 0.5) is 0 Å². The van der Waals surface area contributed by atoms with Gasteiger partial charge in [0.25, 0.3) is 0 Å². The summed E-state index contributed by atoms with van der Waals surface area (Å²) in [6.07, 6.45) is 1.38. The summed E-state index contributed by atoms with van der Waals surface area (Å²) in [5.74, 6) is 0. The summed E-state index contributed by atoms with van der Waals surface area (Å²) >= 11 is 0. The van der Waals surface area contributed by atoms with Crippen molar-refractivity contribution in [2.24, 2.45) is 0 Å². The number of hydrogen-bond acceptors (Lipinski definition) is 5. The minimum atomic E-state index is -0.512. The van der Waals surface area contributed by atoms with Crippen molar-refractivity contribution in [2.45, 2.75) is 0 Å². The minimum Gasteiger partial charge on any atom is -0.242 e. The Morgan fingerprint density at radius 1 is 1.50 bits per heavy atom. The maximum Gasteiger partial charge on any atom is 0.389 e. The van der Waals surface area contributed by atoms with Crippen molar-refractivity contribution in [2.75, 3.05) is 0 Å². The van der Waals surface area contributed by atoms with E-state index in [9.17, 15) is 4.79 Å². The second kappa shape index (κ2) is 1.59. The Bertz CT molecular complexity index is 400. The molecule has 0 atom stereocenters. The van der Waals surface area contributed by atoms with Crippen LogP contribution in [0, 0.1) is 0 Å². The topological polar surface area (TPSA) is 88.8 Å². The van der Waals surface area contributed by atoms with Gasteiger partial charge in [-0.2, -0.15) is 9.61 Å². The molecule has 0 bridgehead atoms. The van der Waals surface area contributed by atoms with Crippen molar-refractivity contribution in [1.82, 2.24) is 30.2 Å². The third-order valence-corrected chi connectivity index (χ3v) is 1.04. The van der Waals surface area contributed by atoms with Crippen LogP contribution in [0.1, 0.15) is 0 Å². The Morgan fingerprint density at radius 2 is 2.40 bits per heavy atom. The quantitative estimate of drug-likeness (QED) is 0.464. The van der Waals surface area contributed by atoms with Crippen LogP contribution in [0.2, 0.25) is 0 Å². The van der Waals surface area contributed by atoms with E-state index in [1.54, 1.807) is 0 Å². The maximum atomic E-state index is 10.7. The molecule has 7 heteroatoms. The summed E-state index contributed by atoms with van der Waals surface area (Å²) < 4.78 is 1.09. The minimum absolute atomic E-state index is 0.361. The predicted molar refractivity (Wildman–Crippen MR) is 29.2 cm³/mol. The van der Waals surface area contributed by atoms with Crippen LogP contribution in [0.5, 0.6) is 0 Å². The number of aromatic nitrogens is 6. The number of rotatable bonds is 0. The highest BCUT2D eigenvalue weighted by molar-refractivity contribution is 5.28. The maximum absolute atomic E-state index is 10.7. The number of hydrogen-bond donors (Lipinski definition) is 1. The fraction of sp³-hybridized carbons (Fsp3) is 0. The Morgan fingerprint density at radius 3 is 3.20 bits per heavy atom. The van der Waals surface area contributed by atoms with Crippen molar-refractivity contribution in [3.05, 3.63) is 16.7 Å². The van der Waals surface area contributed by atoms with Gasteiger partial charge in [0, 0.05) is 0 Å². The zero-order chi connectivity index (χ0) is 6.97. The van der Waals surface area contributed by atoms with E-state index in [0.717, 1.165) is 4.52 Å². The molecule has 2 rings (SSSR count). The molecule has 7 nitrogen and oxygen atoms in total. The summed E-state index contributed by atoms with van der Waals surface area (Å²) in [5, 5.41) is 15.8. The van der Waals surface area contributed by atoms with Crippen molar-refractivity contribution in [1.29, 1.82) is 0 Å². The van der Waals surface area contributed by atoms with Crippen LogP contribution < -0.4 is 5.69 Å². The summed E-state index contributed by atoms with van der Waals surface area (Å²) in [4.78, 5) is 10.7. The monoisotopic (exact) mass is 138 g/mol. The van der Waals surface area contributed by atoms with E-state index in [4.69, 9.17) is 0 Å². The van der Waals surface area contributed by atoms with Crippen LogP contribution in [-0.2, 0) is 0 Å². The van der Waals surface area contributed by atoms with Crippen LogP contribution in [0.3, 0.4) is 0 Å². The zero-order valence-electron chi connectivity index (χ0n) is 4.72. The summed E-state index contributed by atoms with van der Waals surface area (Å²) in [6, 6.07) is 0. The molecule has 1 N–H and O–H groups in total. The van der Waals surface area contributed by atoms with Gasteiger partial charge in [-0.3, -0.25) is 0 Å². The lowest BCUT2D eigenvalue weighted by atomic mass is 10.8. The Balaban J connectivity index is 3.09. The fourth-order valence-corrected chi connectivity index (χ4v) is 0.616. The van der Waals surface area contributed by atoms with Gasteiger partial charge >= 0.3 is 5.69 Å². The molecule has 0 aromatic carbocycles. The molecule has 2 heterocycles. The molecule has 2 aromatic heterocycles. The van der Waals surface area contributed by atoms with Gasteiger partial charge in [0.1, 0.15) is 0 Å². The molecule has 10 heavy (non-hydrogen) atoms. The van der Waals surface area contributed by atoms with Crippen molar-refractivity contribution in [3.8, 4) is 0 Å². The Kier molecular flexibility index (Phi) is 0.802. The van der Waals surface area contributed by atoms with Gasteiger partial charge in [-0.15, -0.1) is 5.10 Å². The number of fused-ring (bicyclic) bond motifs is 1.